The van der Waals surface area contributed by atoms with E-state index < -0.39 is 29.6 Å². The van der Waals surface area contributed by atoms with Crippen LogP contribution in [0.4, 0.5) is 13.2 Å². The number of nitrogens with zero attached hydrogens (tertiary/aromatic N) is 7. The number of amides is 2. The third-order valence-corrected chi connectivity index (χ3v) is 7.74. The summed E-state index contributed by atoms with van der Waals surface area (Å²) in [5.41, 5.74) is 0.633. The van der Waals surface area contributed by atoms with Crippen LogP contribution < -0.4 is 5.32 Å². The van der Waals surface area contributed by atoms with E-state index in [2.05, 4.69) is 42.1 Å². The van der Waals surface area contributed by atoms with Gasteiger partial charge in [-0.1, -0.05) is 44.6 Å². The quantitative estimate of drug-likeness (QED) is 0.236. The van der Waals surface area contributed by atoms with Gasteiger partial charge in [-0.25, -0.2) is 9.97 Å². The molecule has 6 rings (SSSR count). The maximum Gasteiger partial charge on any atom is 0.416 e. The Labute approximate surface area is 260 Å². The molecule has 12 nitrogen and oxygen atoms in total. The Morgan fingerprint density at radius 1 is 1.17 bits per heavy atom. The molecule has 15 heteroatoms. The summed E-state index contributed by atoms with van der Waals surface area (Å²) < 4.78 is 49.6. The molecule has 5 heterocycles. The molecule has 238 valence electrons. The number of carbonyl (C=O) groups excluding carboxylic acids is 2. The second-order valence-corrected chi connectivity index (χ2v) is 12.0. The highest BCUT2D eigenvalue weighted by molar-refractivity contribution is 5.92. The number of alkyl halides is 3. The predicted molar refractivity (Wildman–Crippen MR) is 160 cm³/mol. The lowest BCUT2D eigenvalue weighted by Gasteiger charge is -2.15. The van der Waals surface area contributed by atoms with Crippen molar-refractivity contribution in [3.05, 3.63) is 78.4 Å². The average molecular weight is 634 g/mol. The van der Waals surface area contributed by atoms with Crippen molar-refractivity contribution in [3.8, 4) is 22.5 Å². The summed E-state index contributed by atoms with van der Waals surface area (Å²) in [4.78, 5) is 42.4. The molecule has 1 fully saturated rings. The maximum absolute atomic E-state index is 14.3. The molecule has 0 saturated carbocycles. The minimum absolute atomic E-state index is 0.00669. The topological polar surface area (TPSA) is 148 Å². The molecule has 0 spiro atoms. The Bertz CT molecular complexity index is 1950. The van der Waals surface area contributed by atoms with Crippen LogP contribution in [0.1, 0.15) is 60.9 Å². The van der Waals surface area contributed by atoms with Gasteiger partial charge < -0.3 is 19.7 Å². The number of halogens is 3. The minimum Gasteiger partial charge on any atom is -0.344 e. The molecule has 1 aromatic carbocycles. The number of aromatic amines is 1. The summed E-state index contributed by atoms with van der Waals surface area (Å²) in [6.45, 7) is 9.75. The number of rotatable bonds is 7. The van der Waals surface area contributed by atoms with E-state index in [1.165, 1.54) is 18.3 Å². The molecule has 0 radical (unpaired) electrons. The van der Waals surface area contributed by atoms with Gasteiger partial charge in [0.1, 0.15) is 11.3 Å². The number of imidazole rings is 1. The van der Waals surface area contributed by atoms with Gasteiger partial charge in [0.2, 0.25) is 5.91 Å². The van der Waals surface area contributed by atoms with Gasteiger partial charge in [-0.05, 0) is 35.8 Å². The molecule has 2 amide bonds. The van der Waals surface area contributed by atoms with Gasteiger partial charge in [-0.2, -0.15) is 23.3 Å². The fourth-order valence-corrected chi connectivity index (χ4v) is 5.26. The lowest BCUT2D eigenvalue weighted by atomic mass is 9.96. The number of fused-ring (bicyclic) bond motifs is 1. The molecule has 1 unspecified atom stereocenters. The lowest BCUT2D eigenvalue weighted by molar-refractivity contribution is -0.138. The van der Waals surface area contributed by atoms with E-state index in [9.17, 15) is 22.8 Å². The third kappa shape index (κ3) is 5.99. The summed E-state index contributed by atoms with van der Waals surface area (Å²) in [5, 5.41) is 10.7. The van der Waals surface area contributed by atoms with E-state index in [1.54, 1.807) is 27.9 Å². The number of likely N-dealkylation sites (tertiary alicyclic amines) is 1. The summed E-state index contributed by atoms with van der Waals surface area (Å²) in [6.07, 6.45) is 2.27. The Hall–Kier alpha value is -5.34. The fourth-order valence-electron chi connectivity index (χ4n) is 5.26. The lowest BCUT2D eigenvalue weighted by Crippen LogP contribution is -2.27. The largest absolute Gasteiger partial charge is 0.416 e. The van der Waals surface area contributed by atoms with Crippen molar-refractivity contribution in [3.63, 3.8) is 0 Å². The Balaban J connectivity index is 1.25. The number of benzene rings is 1. The number of carbonyl (C=O) groups is 2. The first-order valence-electron chi connectivity index (χ1n) is 14.5. The highest BCUT2D eigenvalue weighted by Crippen LogP contribution is 2.37. The van der Waals surface area contributed by atoms with Crippen LogP contribution >= 0.6 is 0 Å². The van der Waals surface area contributed by atoms with Crippen molar-refractivity contribution in [1.82, 2.24) is 45.1 Å². The molecule has 46 heavy (non-hydrogen) atoms. The minimum atomic E-state index is -4.70. The van der Waals surface area contributed by atoms with Crippen molar-refractivity contribution in [2.75, 3.05) is 13.1 Å². The smallest absolute Gasteiger partial charge is 0.344 e. The standard InChI is InChI=1S/C31H30F3N9O3/c1-5-23(44)42-11-9-20(16-42)43-15-19(14-37-43)25-38-24-21(8-10-35-26(24)39-25)17-6-7-18(22(12-17)31(32,33)34)13-36-27(45)28-40-29(41-46-28)30(2,3)4/h5-8,10,12,14-15,20H,1,9,11,13,16H2,2-4H3,(H,36,45)(H,35,38,39). The maximum atomic E-state index is 14.3. The number of pyridine rings is 1. The van der Waals surface area contributed by atoms with E-state index in [1.807, 2.05) is 27.0 Å². The molecule has 1 atom stereocenters. The van der Waals surface area contributed by atoms with E-state index in [-0.39, 0.29) is 29.0 Å². The molecule has 2 N–H and O–H groups in total. The zero-order valence-electron chi connectivity index (χ0n) is 25.2. The zero-order chi connectivity index (χ0) is 32.8. The van der Waals surface area contributed by atoms with Crippen LogP contribution in [-0.4, -0.2) is 64.7 Å². The van der Waals surface area contributed by atoms with Gasteiger partial charge in [-0.15, -0.1) is 0 Å². The van der Waals surface area contributed by atoms with Gasteiger partial charge in [0.25, 0.3) is 0 Å². The van der Waals surface area contributed by atoms with Crippen molar-refractivity contribution in [1.29, 1.82) is 0 Å². The second-order valence-electron chi connectivity index (χ2n) is 12.0. The van der Waals surface area contributed by atoms with Crippen LogP contribution in [0, 0.1) is 0 Å². The van der Waals surface area contributed by atoms with Gasteiger partial charge in [-0.3, -0.25) is 14.3 Å². The highest BCUT2D eigenvalue weighted by Gasteiger charge is 2.34. The second kappa shape index (κ2) is 11.5. The molecule has 1 aliphatic heterocycles. The van der Waals surface area contributed by atoms with Crippen molar-refractivity contribution < 1.29 is 27.3 Å². The molecule has 1 saturated heterocycles. The first-order chi connectivity index (χ1) is 21.8. The van der Waals surface area contributed by atoms with Crippen molar-refractivity contribution >= 4 is 23.0 Å². The predicted octanol–water partition coefficient (Wildman–Crippen LogP) is 5.08. The normalized spacial score (nSPS) is 15.4. The van der Waals surface area contributed by atoms with Gasteiger partial charge in [0.15, 0.2) is 11.5 Å². The van der Waals surface area contributed by atoms with Crippen LogP contribution in [0.15, 0.2) is 60.0 Å². The third-order valence-electron chi connectivity index (χ3n) is 7.74. The van der Waals surface area contributed by atoms with Crippen LogP contribution in [-0.2, 0) is 22.9 Å². The van der Waals surface area contributed by atoms with Crippen LogP contribution in [0.2, 0.25) is 0 Å². The Kier molecular flexibility index (Phi) is 7.70. The molecule has 0 bridgehead atoms. The van der Waals surface area contributed by atoms with Gasteiger partial charge in [0.05, 0.1) is 23.4 Å². The van der Waals surface area contributed by atoms with E-state index >= 15 is 0 Å². The molecule has 4 aromatic heterocycles. The molecular weight excluding hydrogens is 603 g/mol. The van der Waals surface area contributed by atoms with Crippen molar-refractivity contribution in [2.45, 2.75) is 51.4 Å². The number of aromatic nitrogens is 7. The Morgan fingerprint density at radius 3 is 2.70 bits per heavy atom. The number of hydrogen-bond acceptors (Lipinski definition) is 8. The molecule has 5 aromatic rings. The summed E-state index contributed by atoms with van der Waals surface area (Å²) >= 11 is 0. The average Bonchev–Trinajstić information content (AvgIpc) is 3.83. The summed E-state index contributed by atoms with van der Waals surface area (Å²) in [5.74, 6) is -0.486. The molecule has 0 aliphatic carbocycles. The zero-order valence-corrected chi connectivity index (χ0v) is 25.2. The Morgan fingerprint density at radius 2 is 1.98 bits per heavy atom. The van der Waals surface area contributed by atoms with Gasteiger partial charge in [0, 0.05) is 43.0 Å². The fraction of sp³-hybridized carbons (Fsp3) is 0.323. The number of nitrogens with one attached hydrogen (secondary N) is 2. The van der Waals surface area contributed by atoms with Crippen LogP contribution in [0.5, 0.6) is 0 Å². The SMILES string of the molecule is C=CC(=O)N1CCC(n2cc(-c3nc4c(-c5ccc(CNC(=O)c6nc(C(C)(C)C)no6)c(C(F)(F)F)c5)ccnc4[nH]3)cn2)C1. The summed E-state index contributed by atoms with van der Waals surface area (Å²) in [6, 6.07) is 5.48. The summed E-state index contributed by atoms with van der Waals surface area (Å²) in [7, 11) is 0. The first kappa shape index (κ1) is 30.7. The van der Waals surface area contributed by atoms with Crippen LogP contribution in [0.25, 0.3) is 33.7 Å². The monoisotopic (exact) mass is 633 g/mol. The van der Waals surface area contributed by atoms with E-state index in [0.29, 0.717) is 47.0 Å². The number of H-pyrrole nitrogens is 1. The molecular formula is C31H30F3N9O3. The number of hydrogen-bond donors (Lipinski definition) is 2. The van der Waals surface area contributed by atoms with Crippen molar-refractivity contribution in [2.24, 2.45) is 0 Å². The van der Waals surface area contributed by atoms with E-state index in [0.717, 1.165) is 12.5 Å². The molecule has 1 aliphatic rings. The highest BCUT2D eigenvalue weighted by atomic mass is 19.4. The van der Waals surface area contributed by atoms with E-state index in [4.69, 9.17) is 4.52 Å². The first-order valence-corrected chi connectivity index (χ1v) is 14.5. The van der Waals surface area contributed by atoms with Crippen LogP contribution in [0.3, 0.4) is 0 Å². The van der Waals surface area contributed by atoms with Gasteiger partial charge >= 0.3 is 18.0 Å².